The van der Waals surface area contributed by atoms with Gasteiger partial charge in [-0.2, -0.15) is 0 Å². The number of methoxy groups -OCH3 is 1. The Kier molecular flexibility index (Phi) is 3.82. The monoisotopic (exact) mass is 292 g/mol. The molecule has 2 aromatic rings. The number of nitrogens with zero attached hydrogens (tertiary/aromatic N) is 2. The molecule has 2 aromatic carbocycles. The molecule has 0 saturated heterocycles. The predicted molar refractivity (Wildman–Crippen MR) is 73.3 cm³/mol. The minimum absolute atomic E-state index is 0.116. The predicted octanol–water partition coefficient (Wildman–Crippen LogP) is 2.83. The first kappa shape index (κ1) is 14.2. The van der Waals surface area contributed by atoms with E-state index in [4.69, 9.17) is 9.29 Å². The van der Waals surface area contributed by atoms with Gasteiger partial charge in [0.15, 0.2) is 5.75 Å². The van der Waals surface area contributed by atoms with E-state index in [1.165, 1.54) is 19.2 Å². The Morgan fingerprint density at radius 2 is 1.75 bits per heavy atom. The van der Waals surface area contributed by atoms with Crippen molar-refractivity contribution >= 4 is 16.0 Å². The molecule has 0 spiro atoms. The quantitative estimate of drug-likeness (QED) is 0.533. The van der Waals surface area contributed by atoms with E-state index in [1.54, 1.807) is 6.07 Å². The zero-order chi connectivity index (χ0) is 14.8. The summed E-state index contributed by atoms with van der Waals surface area (Å²) in [4.78, 5) is 0. The van der Waals surface area contributed by atoms with Gasteiger partial charge in [0.2, 0.25) is 0 Å². The fourth-order valence-corrected chi connectivity index (χ4v) is 2.17. The van der Waals surface area contributed by atoms with E-state index >= 15 is 0 Å². The molecular weight excluding hydrogens is 280 g/mol. The van der Waals surface area contributed by atoms with Crippen molar-refractivity contribution < 1.29 is 21.8 Å². The second-order valence-corrected chi connectivity index (χ2v) is 5.21. The highest BCUT2D eigenvalue weighted by atomic mass is 32.2. The Morgan fingerprint density at radius 3 is 2.30 bits per heavy atom. The Labute approximate surface area is 116 Å². The maximum Gasteiger partial charge on any atom is 0.501 e. The van der Waals surface area contributed by atoms with Gasteiger partial charge >= 0.3 is 10.3 Å². The lowest BCUT2D eigenvalue weighted by molar-refractivity contribution is -0.299. The fraction of sp³-hybridized carbons (Fsp3) is 0.0769. The van der Waals surface area contributed by atoms with Crippen LogP contribution >= 0.6 is 0 Å². The van der Waals surface area contributed by atoms with Gasteiger partial charge in [0.1, 0.15) is 0 Å². The Morgan fingerprint density at radius 1 is 1.10 bits per heavy atom. The van der Waals surface area contributed by atoms with Crippen LogP contribution in [0.3, 0.4) is 0 Å². The van der Waals surface area contributed by atoms with Crippen LogP contribution in [-0.2, 0) is 10.3 Å². The zero-order valence-electron chi connectivity index (χ0n) is 10.6. The van der Waals surface area contributed by atoms with Crippen LogP contribution in [0.25, 0.3) is 16.7 Å². The van der Waals surface area contributed by atoms with E-state index in [9.17, 15) is 13.9 Å². The van der Waals surface area contributed by atoms with Gasteiger partial charge in [-0.15, -0.1) is 12.5 Å². The van der Waals surface area contributed by atoms with E-state index < -0.39 is 10.3 Å². The molecule has 7 heteroatoms. The van der Waals surface area contributed by atoms with Crippen LogP contribution in [0.1, 0.15) is 0 Å². The van der Waals surface area contributed by atoms with Crippen molar-refractivity contribution in [2.45, 2.75) is 0 Å². The van der Waals surface area contributed by atoms with Crippen LogP contribution in [0, 0.1) is 0 Å². The SMILES string of the molecule is COc1ccc(-c2ccccc2)cc1[N+](=[N-])S(=O)(=O)O. The molecule has 104 valence electrons. The average Bonchev–Trinajstić information content (AvgIpc) is 2.45. The lowest BCUT2D eigenvalue weighted by Gasteiger charge is -2.09. The Hall–Kier alpha value is -2.25. The zero-order valence-corrected chi connectivity index (χ0v) is 11.4. The van der Waals surface area contributed by atoms with Crippen LogP contribution in [0.4, 0.5) is 5.69 Å². The van der Waals surface area contributed by atoms with Gasteiger partial charge in [-0.25, -0.2) is 4.55 Å². The van der Waals surface area contributed by atoms with Crippen molar-refractivity contribution in [3.05, 3.63) is 54.1 Å². The minimum Gasteiger partial charge on any atom is -0.490 e. The highest BCUT2D eigenvalue weighted by Gasteiger charge is 2.23. The van der Waals surface area contributed by atoms with E-state index in [1.807, 2.05) is 30.3 Å². The van der Waals surface area contributed by atoms with Crippen LogP contribution < -0.4 is 4.74 Å². The highest BCUT2D eigenvalue weighted by Crippen LogP contribution is 2.33. The molecule has 0 aromatic heterocycles. The molecule has 1 N–H and O–H groups in total. The average molecular weight is 292 g/mol. The van der Waals surface area contributed by atoms with E-state index in [0.717, 1.165) is 5.56 Å². The molecule has 0 fully saturated rings. The van der Waals surface area contributed by atoms with Crippen LogP contribution in [0.5, 0.6) is 5.75 Å². The molecule has 6 nitrogen and oxygen atoms in total. The molecule has 0 aliphatic heterocycles. The number of hydrogen-bond acceptors (Lipinski definition) is 3. The summed E-state index contributed by atoms with van der Waals surface area (Å²) >= 11 is 0. The topological polar surface area (TPSA) is 88.9 Å². The smallest absolute Gasteiger partial charge is 0.490 e. The first-order chi connectivity index (χ1) is 9.43. The van der Waals surface area contributed by atoms with Gasteiger partial charge in [-0.3, -0.25) is 0 Å². The van der Waals surface area contributed by atoms with E-state index in [0.29, 0.717) is 5.56 Å². The molecule has 0 amide bonds. The third-order valence-corrected chi connectivity index (χ3v) is 3.34. The summed E-state index contributed by atoms with van der Waals surface area (Å²) in [6.45, 7) is 0. The van der Waals surface area contributed by atoms with Crippen molar-refractivity contribution in [3.63, 3.8) is 0 Å². The molecular formula is C13H12N2O4S. The molecule has 0 saturated carbocycles. The molecule has 0 aliphatic rings. The molecule has 0 atom stereocenters. The summed E-state index contributed by atoms with van der Waals surface area (Å²) in [5.41, 5.74) is 10.9. The van der Waals surface area contributed by atoms with Crippen molar-refractivity contribution in [2.24, 2.45) is 0 Å². The van der Waals surface area contributed by atoms with Crippen LogP contribution in [0.2, 0.25) is 0 Å². The first-order valence-electron chi connectivity index (χ1n) is 5.63. The maximum atomic E-state index is 11.0. The summed E-state index contributed by atoms with van der Waals surface area (Å²) in [7, 11) is -3.45. The second kappa shape index (κ2) is 5.40. The van der Waals surface area contributed by atoms with Crippen LogP contribution in [0.15, 0.2) is 48.5 Å². The second-order valence-electron chi connectivity index (χ2n) is 3.97. The van der Waals surface area contributed by atoms with Crippen molar-refractivity contribution in [1.29, 1.82) is 0 Å². The normalized spacial score (nSPS) is 11.1. The standard InChI is InChI=1S/C13H12N2O4S/c1-19-13-8-7-11(10-5-3-2-4-6-10)9-12(13)15(14)20(16,17)18/h2-9H,1H3,(H,16,17,18). The van der Waals surface area contributed by atoms with Gasteiger partial charge in [0.25, 0.3) is 5.69 Å². The molecule has 0 bridgehead atoms. The van der Waals surface area contributed by atoms with Gasteiger partial charge in [-0.1, -0.05) is 36.4 Å². The largest absolute Gasteiger partial charge is 0.501 e. The third-order valence-electron chi connectivity index (χ3n) is 2.71. The number of ether oxygens (including phenoxy) is 1. The lowest BCUT2D eigenvalue weighted by atomic mass is 10.1. The van der Waals surface area contributed by atoms with Gasteiger partial charge in [-0.05, 0) is 17.2 Å². The minimum atomic E-state index is -4.78. The fourth-order valence-electron chi connectivity index (χ4n) is 1.77. The van der Waals surface area contributed by atoms with E-state index in [2.05, 4.69) is 0 Å². The third kappa shape index (κ3) is 2.84. The van der Waals surface area contributed by atoms with Gasteiger partial charge in [0.05, 0.1) is 7.11 Å². The van der Waals surface area contributed by atoms with Crippen molar-refractivity contribution in [3.8, 4) is 16.9 Å². The van der Waals surface area contributed by atoms with Gasteiger partial charge < -0.3 is 10.3 Å². The Bertz CT molecular complexity index is 742. The molecule has 0 radical (unpaired) electrons. The molecule has 0 unspecified atom stereocenters. The lowest BCUT2D eigenvalue weighted by Crippen LogP contribution is -2.12. The summed E-state index contributed by atoms with van der Waals surface area (Å²) in [5, 5.41) is 0. The Balaban J connectivity index is 2.59. The highest BCUT2D eigenvalue weighted by molar-refractivity contribution is 7.79. The van der Waals surface area contributed by atoms with Crippen LogP contribution in [-0.4, -0.2) is 24.2 Å². The molecule has 2 rings (SSSR count). The summed E-state index contributed by atoms with van der Waals surface area (Å²) in [6.07, 6.45) is 0. The number of rotatable bonds is 4. The molecule has 20 heavy (non-hydrogen) atoms. The summed E-state index contributed by atoms with van der Waals surface area (Å²) in [5.74, 6) is 0.116. The van der Waals surface area contributed by atoms with E-state index in [-0.39, 0.29) is 15.5 Å². The van der Waals surface area contributed by atoms with Crippen molar-refractivity contribution in [2.75, 3.05) is 7.11 Å². The number of hydrogen-bond donors (Lipinski definition) is 1. The molecule has 0 aliphatic carbocycles. The molecule has 0 heterocycles. The first-order valence-corrected chi connectivity index (χ1v) is 7.03. The number of benzene rings is 2. The van der Waals surface area contributed by atoms with Crippen molar-refractivity contribution in [1.82, 2.24) is 0 Å². The summed E-state index contributed by atoms with van der Waals surface area (Å²) < 4.78 is 35.7. The summed E-state index contributed by atoms with van der Waals surface area (Å²) in [6, 6.07) is 13.8. The maximum absolute atomic E-state index is 11.0. The van der Waals surface area contributed by atoms with Gasteiger partial charge in [0, 0.05) is 6.07 Å².